The number of allylic oxidation sites excluding steroid dienone is 5. The summed E-state index contributed by atoms with van der Waals surface area (Å²) in [6, 6.07) is 6.60. The lowest BCUT2D eigenvalue weighted by molar-refractivity contribution is 0.944. The van der Waals surface area contributed by atoms with E-state index in [4.69, 9.17) is 0 Å². The normalized spacial score (nSPS) is 18.3. The van der Waals surface area contributed by atoms with Crippen molar-refractivity contribution in [2.24, 2.45) is 5.92 Å². The van der Waals surface area contributed by atoms with Crippen molar-refractivity contribution in [3.63, 3.8) is 0 Å². The average Bonchev–Trinajstić information content (AvgIpc) is 2.86. The summed E-state index contributed by atoms with van der Waals surface area (Å²) in [6.45, 7) is 2.19. The third-order valence-corrected chi connectivity index (χ3v) is 3.31. The Hall–Kier alpha value is -1.56. The van der Waals surface area contributed by atoms with Gasteiger partial charge in [0, 0.05) is 5.92 Å². The summed E-state index contributed by atoms with van der Waals surface area (Å²) >= 11 is 0. The van der Waals surface area contributed by atoms with Gasteiger partial charge < -0.3 is 0 Å². The molecule has 0 amide bonds. The van der Waals surface area contributed by atoms with E-state index in [1.165, 1.54) is 22.3 Å². The lowest BCUT2D eigenvalue weighted by Gasteiger charge is -2.05. The Bertz CT molecular complexity index is 475. The molecule has 0 nitrogen and oxygen atoms in total. The number of rotatable bonds is 1. The van der Waals surface area contributed by atoms with Crippen LogP contribution in [0.5, 0.6) is 0 Å². The Morgan fingerprint density at radius 2 is 1.93 bits per heavy atom. The molecular formula is C15H14. The molecule has 1 aromatic rings. The van der Waals surface area contributed by atoms with Crippen molar-refractivity contribution in [2.75, 3.05) is 0 Å². The maximum Gasteiger partial charge on any atom is 0.0170 e. The van der Waals surface area contributed by atoms with Crippen LogP contribution < -0.4 is 0 Å². The van der Waals surface area contributed by atoms with Gasteiger partial charge in [-0.15, -0.1) is 0 Å². The standard InChI is InChI=1S/C15H14/c1-11-5-4-8-13-9-14(10-15(11)13)12-6-2-3-7-12/h2-8,10,12H,9H2,1H3. The van der Waals surface area contributed by atoms with Gasteiger partial charge in [0.25, 0.3) is 0 Å². The fraction of sp³-hybridized carbons (Fsp3) is 0.200. The second-order valence-electron chi connectivity index (χ2n) is 4.34. The van der Waals surface area contributed by atoms with Crippen LogP contribution in [0.3, 0.4) is 0 Å². The summed E-state index contributed by atoms with van der Waals surface area (Å²) in [5, 5.41) is 0. The fourth-order valence-electron chi connectivity index (χ4n) is 2.45. The predicted molar refractivity (Wildman–Crippen MR) is 64.6 cm³/mol. The largest absolute Gasteiger partial charge is 0.0736 e. The summed E-state index contributed by atoms with van der Waals surface area (Å²) in [6.07, 6.45) is 12.3. The monoisotopic (exact) mass is 194 g/mol. The molecule has 0 heteroatoms. The van der Waals surface area contributed by atoms with Gasteiger partial charge in [0.2, 0.25) is 0 Å². The number of benzene rings is 1. The van der Waals surface area contributed by atoms with E-state index in [-0.39, 0.29) is 0 Å². The molecule has 0 heterocycles. The minimum Gasteiger partial charge on any atom is -0.0736 e. The molecule has 1 aromatic carbocycles. The molecule has 0 fully saturated rings. The van der Waals surface area contributed by atoms with Crippen molar-refractivity contribution in [3.8, 4) is 0 Å². The topological polar surface area (TPSA) is 0 Å². The highest BCUT2D eigenvalue weighted by Crippen LogP contribution is 2.33. The van der Waals surface area contributed by atoms with Crippen LogP contribution in [0.4, 0.5) is 0 Å². The van der Waals surface area contributed by atoms with Crippen molar-refractivity contribution in [1.29, 1.82) is 0 Å². The Labute approximate surface area is 90.6 Å². The van der Waals surface area contributed by atoms with E-state index >= 15 is 0 Å². The first-order valence-corrected chi connectivity index (χ1v) is 5.48. The van der Waals surface area contributed by atoms with Crippen LogP contribution >= 0.6 is 0 Å². The van der Waals surface area contributed by atoms with E-state index in [0.717, 1.165) is 6.42 Å². The number of fused-ring (bicyclic) bond motifs is 1. The zero-order chi connectivity index (χ0) is 10.3. The Kier molecular flexibility index (Phi) is 1.88. The molecule has 0 radical (unpaired) electrons. The molecule has 0 N–H and O–H groups in total. The zero-order valence-electron chi connectivity index (χ0n) is 8.90. The Morgan fingerprint density at radius 3 is 2.67 bits per heavy atom. The van der Waals surface area contributed by atoms with E-state index in [9.17, 15) is 0 Å². The minimum atomic E-state index is 0.539. The molecular weight excluding hydrogens is 180 g/mol. The number of aryl methyl sites for hydroxylation is 1. The molecule has 2 aliphatic rings. The van der Waals surface area contributed by atoms with Crippen LogP contribution in [-0.2, 0) is 6.42 Å². The quantitative estimate of drug-likeness (QED) is 0.639. The summed E-state index contributed by atoms with van der Waals surface area (Å²) < 4.78 is 0. The number of hydrogen-bond acceptors (Lipinski definition) is 0. The van der Waals surface area contributed by atoms with Crippen molar-refractivity contribution in [1.82, 2.24) is 0 Å². The summed E-state index contributed by atoms with van der Waals surface area (Å²) in [7, 11) is 0. The Morgan fingerprint density at radius 1 is 1.13 bits per heavy atom. The maximum atomic E-state index is 2.37. The third-order valence-electron chi connectivity index (χ3n) is 3.31. The van der Waals surface area contributed by atoms with Crippen LogP contribution in [0.25, 0.3) is 6.08 Å². The molecule has 74 valence electrons. The first-order chi connectivity index (χ1) is 7.34. The average molecular weight is 194 g/mol. The van der Waals surface area contributed by atoms with E-state index in [1.807, 2.05) is 0 Å². The van der Waals surface area contributed by atoms with E-state index < -0.39 is 0 Å². The van der Waals surface area contributed by atoms with Gasteiger partial charge >= 0.3 is 0 Å². The van der Waals surface area contributed by atoms with Gasteiger partial charge in [0.1, 0.15) is 0 Å². The molecule has 0 atom stereocenters. The molecule has 0 saturated heterocycles. The van der Waals surface area contributed by atoms with Gasteiger partial charge in [-0.1, -0.05) is 54.2 Å². The van der Waals surface area contributed by atoms with Gasteiger partial charge in [-0.05, 0) is 30.0 Å². The second kappa shape index (κ2) is 3.23. The highest BCUT2D eigenvalue weighted by atomic mass is 14.2. The molecule has 0 aromatic heterocycles. The molecule has 0 aliphatic heterocycles. The summed E-state index contributed by atoms with van der Waals surface area (Å²) in [5.74, 6) is 0.539. The first-order valence-electron chi connectivity index (χ1n) is 5.48. The van der Waals surface area contributed by atoms with Gasteiger partial charge in [-0.2, -0.15) is 0 Å². The van der Waals surface area contributed by atoms with Gasteiger partial charge in [-0.3, -0.25) is 0 Å². The Balaban J connectivity index is 2.00. The molecule has 0 unspecified atom stereocenters. The molecule has 0 saturated carbocycles. The third kappa shape index (κ3) is 1.37. The second-order valence-corrected chi connectivity index (χ2v) is 4.34. The van der Waals surface area contributed by atoms with E-state index in [0.29, 0.717) is 5.92 Å². The SMILES string of the molecule is Cc1cccc2c1C=C(C1C=CC=C1)C2. The fourth-order valence-corrected chi connectivity index (χ4v) is 2.45. The minimum absolute atomic E-state index is 0.539. The van der Waals surface area contributed by atoms with Crippen molar-refractivity contribution >= 4 is 6.08 Å². The molecule has 0 bridgehead atoms. The van der Waals surface area contributed by atoms with E-state index in [1.54, 1.807) is 0 Å². The predicted octanol–water partition coefficient (Wildman–Crippen LogP) is 3.68. The van der Waals surface area contributed by atoms with Crippen LogP contribution in [-0.4, -0.2) is 0 Å². The maximum absolute atomic E-state index is 2.37. The highest BCUT2D eigenvalue weighted by Gasteiger charge is 2.18. The van der Waals surface area contributed by atoms with Gasteiger partial charge in [-0.25, -0.2) is 0 Å². The van der Waals surface area contributed by atoms with Gasteiger partial charge in [0.15, 0.2) is 0 Å². The van der Waals surface area contributed by atoms with Crippen LogP contribution in [0.15, 0.2) is 48.1 Å². The zero-order valence-corrected chi connectivity index (χ0v) is 8.90. The van der Waals surface area contributed by atoms with Gasteiger partial charge in [0.05, 0.1) is 0 Å². The number of hydrogen-bond donors (Lipinski definition) is 0. The van der Waals surface area contributed by atoms with Crippen molar-refractivity contribution in [2.45, 2.75) is 13.3 Å². The highest BCUT2D eigenvalue weighted by molar-refractivity contribution is 5.68. The van der Waals surface area contributed by atoms with Crippen LogP contribution in [0.2, 0.25) is 0 Å². The summed E-state index contributed by atoms with van der Waals surface area (Å²) in [5.41, 5.74) is 5.86. The molecule has 0 spiro atoms. The van der Waals surface area contributed by atoms with E-state index in [2.05, 4.69) is 55.5 Å². The lowest BCUT2D eigenvalue weighted by atomic mass is 9.99. The molecule has 15 heavy (non-hydrogen) atoms. The molecule has 3 rings (SSSR count). The van der Waals surface area contributed by atoms with Crippen molar-refractivity contribution < 1.29 is 0 Å². The lowest BCUT2D eigenvalue weighted by Crippen LogP contribution is -1.94. The smallest absolute Gasteiger partial charge is 0.0170 e. The van der Waals surface area contributed by atoms with Crippen LogP contribution in [0, 0.1) is 12.8 Å². The van der Waals surface area contributed by atoms with Crippen molar-refractivity contribution in [3.05, 3.63) is 64.8 Å². The molecule has 2 aliphatic carbocycles. The summed E-state index contributed by atoms with van der Waals surface area (Å²) in [4.78, 5) is 0. The van der Waals surface area contributed by atoms with Crippen LogP contribution in [0.1, 0.15) is 16.7 Å². The first kappa shape index (κ1) is 8.72.